The Balaban J connectivity index is 1.65. The van der Waals surface area contributed by atoms with Gasteiger partial charge in [-0.1, -0.05) is 0 Å². The molecule has 0 spiro atoms. The van der Waals surface area contributed by atoms with Crippen LogP contribution in [-0.2, 0) is 15.5 Å². The van der Waals surface area contributed by atoms with Crippen molar-refractivity contribution in [3.63, 3.8) is 0 Å². The van der Waals surface area contributed by atoms with Crippen molar-refractivity contribution in [2.45, 2.75) is 56.3 Å². The van der Waals surface area contributed by atoms with E-state index in [0.29, 0.717) is 11.2 Å². The van der Waals surface area contributed by atoms with Crippen molar-refractivity contribution >= 4 is 27.8 Å². The largest absolute Gasteiger partial charge is 0.460 e. The number of imidazole rings is 1. The van der Waals surface area contributed by atoms with Gasteiger partial charge in [0.15, 0.2) is 23.2 Å². The molecule has 3 heterocycles. The van der Waals surface area contributed by atoms with Crippen molar-refractivity contribution in [2.24, 2.45) is 0 Å². The van der Waals surface area contributed by atoms with Gasteiger partial charge in [0.25, 0.3) is 0 Å². The zero-order valence-electron chi connectivity index (χ0n) is 14.9. The maximum Gasteiger partial charge on any atom is 0.320 e. The minimum Gasteiger partial charge on any atom is -0.460 e. The van der Waals surface area contributed by atoms with Crippen LogP contribution in [0.1, 0.15) is 31.9 Å². The normalized spacial score (nSPS) is 30.2. The average Bonchev–Trinajstić information content (AvgIpc) is 3.32. The summed E-state index contributed by atoms with van der Waals surface area (Å²) < 4.78 is 24.6. The number of hydrogen-bond acceptors (Lipinski definition) is 9. The third-order valence-corrected chi connectivity index (χ3v) is 5.81. The van der Waals surface area contributed by atoms with Crippen molar-refractivity contribution < 1.29 is 23.9 Å². The van der Waals surface area contributed by atoms with E-state index in [1.165, 1.54) is 17.2 Å². The molecule has 2 aromatic rings. The highest BCUT2D eigenvalue weighted by Crippen LogP contribution is 2.33. The summed E-state index contributed by atoms with van der Waals surface area (Å²) in [5.41, 5.74) is 6.71. The number of fused-ring (bicyclic) bond motifs is 1. The van der Waals surface area contributed by atoms with Crippen LogP contribution >= 0.6 is 0 Å². The van der Waals surface area contributed by atoms with E-state index in [9.17, 15) is 14.4 Å². The number of ether oxygens (including phenoxy) is 2. The summed E-state index contributed by atoms with van der Waals surface area (Å²) in [6, 6.07) is 0.160. The lowest BCUT2D eigenvalue weighted by Gasteiger charge is -2.17. The number of aromatic nitrogens is 4. The van der Waals surface area contributed by atoms with E-state index in [0.717, 1.165) is 25.7 Å². The first kappa shape index (κ1) is 18.5. The molecule has 1 unspecified atom stereocenters. The summed E-state index contributed by atoms with van der Waals surface area (Å²) in [6.45, 7) is 0. The van der Waals surface area contributed by atoms with Gasteiger partial charge in [0, 0.05) is 17.1 Å². The number of hydrogen-bond donors (Lipinski definition) is 3. The summed E-state index contributed by atoms with van der Waals surface area (Å²) in [5, 5.41) is 20.6. The highest BCUT2D eigenvalue weighted by atomic mass is 32.2. The second-order valence-corrected chi connectivity index (χ2v) is 8.51. The SMILES string of the molecule is CS(=O)C[C@H]1O[C@@H](n2cnc3c(N)nc(OC4CCCC4)nc32)[C@H](O)[C@@H]1O. The fourth-order valence-electron chi connectivity index (χ4n) is 3.64. The lowest BCUT2D eigenvalue weighted by atomic mass is 10.1. The van der Waals surface area contributed by atoms with Gasteiger partial charge in [-0.2, -0.15) is 9.97 Å². The maximum absolute atomic E-state index is 11.5. The Hall–Kier alpha value is -1.82. The van der Waals surface area contributed by atoms with E-state index in [4.69, 9.17) is 15.2 Å². The van der Waals surface area contributed by atoms with Crippen molar-refractivity contribution in [3.05, 3.63) is 6.33 Å². The molecule has 4 N–H and O–H groups in total. The molecule has 0 radical (unpaired) electrons. The van der Waals surface area contributed by atoms with Crippen molar-refractivity contribution in [1.82, 2.24) is 19.5 Å². The van der Waals surface area contributed by atoms with Gasteiger partial charge in [-0.3, -0.25) is 8.78 Å². The third-order valence-electron chi connectivity index (χ3n) is 5.01. The van der Waals surface area contributed by atoms with E-state index >= 15 is 0 Å². The first-order valence-corrected chi connectivity index (χ1v) is 10.6. The monoisotopic (exact) mass is 397 g/mol. The lowest BCUT2D eigenvalue weighted by Crippen LogP contribution is -2.34. The molecule has 1 aliphatic carbocycles. The Kier molecular flexibility index (Phi) is 5.01. The van der Waals surface area contributed by atoms with Crippen LogP contribution < -0.4 is 10.5 Å². The standard InChI is InChI=1S/C16H23N5O5S/c1-27(24)6-9-11(22)12(23)15(26-9)21-7-18-10-13(17)19-16(20-14(10)21)25-8-4-2-3-5-8/h7-9,11-12,15,22-23H,2-6H2,1H3,(H2,17,19,20)/t9-,11-,12-,15-,27?/m1/s1. The molecule has 2 aromatic heterocycles. The Labute approximate surface area is 158 Å². The number of nitrogen functional groups attached to an aromatic ring is 1. The van der Waals surface area contributed by atoms with Crippen LogP contribution in [0.15, 0.2) is 6.33 Å². The molecule has 0 amide bonds. The van der Waals surface area contributed by atoms with Gasteiger partial charge in [-0.15, -0.1) is 0 Å². The Morgan fingerprint density at radius 1 is 1.33 bits per heavy atom. The zero-order chi connectivity index (χ0) is 19.1. The predicted molar refractivity (Wildman–Crippen MR) is 97.5 cm³/mol. The van der Waals surface area contributed by atoms with Gasteiger partial charge >= 0.3 is 6.01 Å². The average molecular weight is 397 g/mol. The second kappa shape index (κ2) is 7.30. The molecule has 0 aromatic carbocycles. The summed E-state index contributed by atoms with van der Waals surface area (Å²) in [7, 11) is -1.18. The second-order valence-electron chi connectivity index (χ2n) is 7.03. The van der Waals surface area contributed by atoms with Crippen molar-refractivity contribution in [2.75, 3.05) is 17.7 Å². The predicted octanol–water partition coefficient (Wildman–Crippen LogP) is -0.272. The molecule has 148 valence electrons. The summed E-state index contributed by atoms with van der Waals surface area (Å²) >= 11 is 0. The summed E-state index contributed by atoms with van der Waals surface area (Å²) in [6.07, 6.45) is 3.09. The van der Waals surface area contributed by atoms with E-state index in [1.54, 1.807) is 0 Å². The van der Waals surface area contributed by atoms with Gasteiger partial charge in [-0.05, 0) is 25.7 Å². The van der Waals surface area contributed by atoms with Crippen molar-refractivity contribution in [3.8, 4) is 6.01 Å². The van der Waals surface area contributed by atoms with Crippen LogP contribution in [0.25, 0.3) is 11.2 Å². The van der Waals surface area contributed by atoms with Crippen LogP contribution in [0, 0.1) is 0 Å². The number of rotatable bonds is 5. The molecular weight excluding hydrogens is 374 g/mol. The summed E-state index contributed by atoms with van der Waals surface area (Å²) in [4.78, 5) is 12.8. The van der Waals surface area contributed by atoms with Crippen LogP contribution in [0.5, 0.6) is 6.01 Å². The van der Waals surface area contributed by atoms with Crippen LogP contribution in [0.2, 0.25) is 0 Å². The Morgan fingerprint density at radius 3 is 2.78 bits per heavy atom. The molecule has 1 saturated heterocycles. The molecule has 2 fully saturated rings. The van der Waals surface area contributed by atoms with E-state index in [-0.39, 0.29) is 23.7 Å². The molecule has 1 aliphatic heterocycles. The summed E-state index contributed by atoms with van der Waals surface area (Å²) in [5.74, 6) is 0.292. The molecule has 5 atom stereocenters. The topological polar surface area (TPSA) is 146 Å². The van der Waals surface area contributed by atoms with Gasteiger partial charge in [0.2, 0.25) is 0 Å². The number of anilines is 1. The lowest BCUT2D eigenvalue weighted by molar-refractivity contribution is -0.0290. The smallest absolute Gasteiger partial charge is 0.320 e. The number of nitrogens with two attached hydrogens (primary N) is 1. The van der Waals surface area contributed by atoms with Crippen LogP contribution in [0.3, 0.4) is 0 Å². The molecule has 11 heteroatoms. The highest BCUT2D eigenvalue weighted by molar-refractivity contribution is 7.84. The van der Waals surface area contributed by atoms with E-state index < -0.39 is 35.3 Å². The molecule has 10 nitrogen and oxygen atoms in total. The third kappa shape index (κ3) is 3.51. The molecule has 2 aliphatic rings. The number of nitrogens with zero attached hydrogens (tertiary/aromatic N) is 4. The maximum atomic E-state index is 11.5. The zero-order valence-corrected chi connectivity index (χ0v) is 15.7. The van der Waals surface area contributed by atoms with E-state index in [2.05, 4.69) is 15.0 Å². The van der Waals surface area contributed by atoms with Crippen molar-refractivity contribution in [1.29, 1.82) is 0 Å². The number of aliphatic hydroxyl groups is 2. The first-order valence-electron chi connectivity index (χ1n) is 8.92. The molecular formula is C16H23N5O5S. The first-order chi connectivity index (χ1) is 12.9. The minimum atomic E-state index is -1.22. The minimum absolute atomic E-state index is 0.0669. The Morgan fingerprint density at radius 2 is 2.07 bits per heavy atom. The van der Waals surface area contributed by atoms with Crippen LogP contribution in [-0.4, -0.2) is 70.4 Å². The molecule has 0 bridgehead atoms. The van der Waals surface area contributed by atoms with Gasteiger partial charge in [-0.25, -0.2) is 4.98 Å². The molecule has 27 heavy (non-hydrogen) atoms. The van der Waals surface area contributed by atoms with E-state index in [1.807, 2.05) is 0 Å². The quantitative estimate of drug-likeness (QED) is 0.620. The fraction of sp³-hybridized carbons (Fsp3) is 0.688. The number of aliphatic hydroxyl groups excluding tert-OH is 2. The molecule has 4 rings (SSSR count). The van der Waals surface area contributed by atoms with Gasteiger partial charge in [0.05, 0.1) is 12.1 Å². The fourth-order valence-corrected chi connectivity index (χ4v) is 4.38. The van der Waals surface area contributed by atoms with Gasteiger partial charge in [0.1, 0.15) is 24.4 Å². The Bertz CT molecular complexity index is 855. The molecule has 1 saturated carbocycles. The van der Waals surface area contributed by atoms with Gasteiger partial charge < -0.3 is 25.4 Å². The highest BCUT2D eigenvalue weighted by Gasteiger charge is 2.44. The van der Waals surface area contributed by atoms with Crippen LogP contribution in [0.4, 0.5) is 5.82 Å².